The summed E-state index contributed by atoms with van der Waals surface area (Å²) in [5.74, 6) is -0.00863. The van der Waals surface area contributed by atoms with Crippen molar-refractivity contribution in [3.8, 4) is 0 Å². The highest BCUT2D eigenvalue weighted by atomic mass is 16.2. The number of rotatable bonds is 5. The van der Waals surface area contributed by atoms with Gasteiger partial charge in [-0.15, -0.1) is 0 Å². The van der Waals surface area contributed by atoms with Crippen LogP contribution in [0.25, 0.3) is 10.9 Å². The van der Waals surface area contributed by atoms with E-state index < -0.39 is 0 Å². The van der Waals surface area contributed by atoms with Gasteiger partial charge >= 0.3 is 0 Å². The Hall–Kier alpha value is -3.48. The van der Waals surface area contributed by atoms with Gasteiger partial charge in [0.1, 0.15) is 12.4 Å². The summed E-state index contributed by atoms with van der Waals surface area (Å²) in [6.07, 6.45) is 0. The maximum Gasteiger partial charge on any atom is 0.261 e. The van der Waals surface area contributed by atoms with Gasteiger partial charge < -0.3 is 10.6 Å². The SMILES string of the molecule is CNC(=O)c1cccc(CNC(=O)Cn2c(C)nc3ccccc3c2=O)c1. The molecule has 1 heterocycles. The van der Waals surface area contributed by atoms with Crippen molar-refractivity contribution >= 4 is 22.7 Å². The lowest BCUT2D eigenvalue weighted by Crippen LogP contribution is -2.33. The van der Waals surface area contributed by atoms with Crippen molar-refractivity contribution in [2.45, 2.75) is 20.0 Å². The normalized spacial score (nSPS) is 10.6. The number of hydrogen-bond donors (Lipinski definition) is 2. The molecule has 0 atom stereocenters. The van der Waals surface area contributed by atoms with Crippen LogP contribution in [0.2, 0.25) is 0 Å². The smallest absolute Gasteiger partial charge is 0.261 e. The summed E-state index contributed by atoms with van der Waals surface area (Å²) in [5, 5.41) is 5.82. The van der Waals surface area contributed by atoms with Crippen LogP contribution in [0.4, 0.5) is 0 Å². The topological polar surface area (TPSA) is 93.1 Å². The van der Waals surface area contributed by atoms with Crippen molar-refractivity contribution in [3.63, 3.8) is 0 Å². The number of carbonyl (C=O) groups excluding carboxylic acids is 2. The van der Waals surface area contributed by atoms with E-state index >= 15 is 0 Å². The highest BCUT2D eigenvalue weighted by Crippen LogP contribution is 2.08. The number of nitrogens with zero attached hydrogens (tertiary/aromatic N) is 2. The molecule has 3 rings (SSSR count). The summed E-state index contributed by atoms with van der Waals surface area (Å²) >= 11 is 0. The second kappa shape index (κ2) is 7.82. The molecule has 7 nitrogen and oxygen atoms in total. The quantitative estimate of drug-likeness (QED) is 0.715. The molecule has 2 amide bonds. The van der Waals surface area contributed by atoms with Gasteiger partial charge in [0.25, 0.3) is 11.5 Å². The fourth-order valence-corrected chi connectivity index (χ4v) is 2.83. The van der Waals surface area contributed by atoms with E-state index in [1.807, 2.05) is 12.1 Å². The van der Waals surface area contributed by atoms with Gasteiger partial charge in [-0.1, -0.05) is 24.3 Å². The van der Waals surface area contributed by atoms with E-state index in [1.54, 1.807) is 50.4 Å². The van der Waals surface area contributed by atoms with E-state index in [4.69, 9.17) is 0 Å². The number of carbonyl (C=O) groups is 2. The van der Waals surface area contributed by atoms with Crippen molar-refractivity contribution in [1.29, 1.82) is 0 Å². The third kappa shape index (κ3) is 4.03. The van der Waals surface area contributed by atoms with Gasteiger partial charge in [0.15, 0.2) is 0 Å². The summed E-state index contributed by atoms with van der Waals surface area (Å²) in [7, 11) is 1.56. The Bertz CT molecular complexity index is 1070. The molecule has 0 radical (unpaired) electrons. The van der Waals surface area contributed by atoms with Crippen LogP contribution in [-0.2, 0) is 17.9 Å². The lowest BCUT2D eigenvalue weighted by Gasteiger charge is -2.11. The predicted molar refractivity (Wildman–Crippen MR) is 102 cm³/mol. The summed E-state index contributed by atoms with van der Waals surface area (Å²) in [6, 6.07) is 14.1. The van der Waals surface area contributed by atoms with Gasteiger partial charge in [0.2, 0.25) is 5.91 Å². The molecule has 0 aliphatic carbocycles. The molecule has 0 spiro atoms. The first-order chi connectivity index (χ1) is 13.0. The van der Waals surface area contributed by atoms with E-state index in [2.05, 4.69) is 15.6 Å². The van der Waals surface area contributed by atoms with Gasteiger partial charge in [-0.05, 0) is 36.8 Å². The molecule has 2 N–H and O–H groups in total. The molecular formula is C20H20N4O3. The first-order valence-corrected chi connectivity index (χ1v) is 8.53. The van der Waals surface area contributed by atoms with Gasteiger partial charge in [0, 0.05) is 19.2 Å². The Kier molecular flexibility index (Phi) is 5.30. The third-order valence-corrected chi connectivity index (χ3v) is 4.26. The van der Waals surface area contributed by atoms with Gasteiger partial charge in [-0.3, -0.25) is 19.0 Å². The zero-order chi connectivity index (χ0) is 19.4. The van der Waals surface area contributed by atoms with Crippen LogP contribution in [0.5, 0.6) is 0 Å². The van der Waals surface area contributed by atoms with Crippen LogP contribution < -0.4 is 16.2 Å². The fourth-order valence-electron chi connectivity index (χ4n) is 2.83. The van der Waals surface area contributed by atoms with E-state index in [9.17, 15) is 14.4 Å². The average molecular weight is 364 g/mol. The minimum atomic E-state index is -0.303. The van der Waals surface area contributed by atoms with E-state index in [0.717, 1.165) is 5.56 Å². The second-order valence-electron chi connectivity index (χ2n) is 6.12. The van der Waals surface area contributed by atoms with Crippen LogP contribution in [-0.4, -0.2) is 28.4 Å². The molecule has 1 aromatic heterocycles. The summed E-state index contributed by atoms with van der Waals surface area (Å²) in [5.41, 5.74) is 1.69. The molecule has 0 aliphatic rings. The Labute approximate surface area is 156 Å². The molecule has 2 aromatic carbocycles. The first kappa shape index (κ1) is 18.3. The van der Waals surface area contributed by atoms with Crippen LogP contribution in [0, 0.1) is 6.92 Å². The summed E-state index contributed by atoms with van der Waals surface area (Å²) in [4.78, 5) is 41.0. The van der Waals surface area contributed by atoms with Gasteiger partial charge in [-0.25, -0.2) is 4.98 Å². The lowest BCUT2D eigenvalue weighted by molar-refractivity contribution is -0.121. The second-order valence-corrected chi connectivity index (χ2v) is 6.12. The molecule has 27 heavy (non-hydrogen) atoms. The summed E-state index contributed by atoms with van der Waals surface area (Å²) in [6.45, 7) is 1.85. The van der Waals surface area contributed by atoms with Gasteiger partial charge in [-0.2, -0.15) is 0 Å². The van der Waals surface area contributed by atoms with Crippen molar-refractivity contribution in [2.75, 3.05) is 7.05 Å². The summed E-state index contributed by atoms with van der Waals surface area (Å²) < 4.78 is 1.36. The molecule has 0 saturated heterocycles. The Balaban J connectivity index is 1.73. The molecule has 0 bridgehead atoms. The third-order valence-electron chi connectivity index (χ3n) is 4.26. The largest absolute Gasteiger partial charge is 0.355 e. The number of hydrogen-bond acceptors (Lipinski definition) is 4. The molecule has 3 aromatic rings. The number of nitrogens with one attached hydrogen (secondary N) is 2. The molecule has 7 heteroatoms. The fraction of sp³-hybridized carbons (Fsp3) is 0.200. The van der Waals surface area contributed by atoms with E-state index in [1.165, 1.54) is 4.57 Å². The Morgan fingerprint density at radius 1 is 1.11 bits per heavy atom. The molecule has 0 fully saturated rings. The number of amides is 2. The molecule has 138 valence electrons. The molecule has 0 aliphatic heterocycles. The standard InChI is InChI=1S/C20H20N4O3/c1-13-23-17-9-4-3-8-16(17)20(27)24(13)12-18(25)22-11-14-6-5-7-15(10-14)19(26)21-2/h3-10H,11-12H2,1-2H3,(H,21,26)(H,22,25). The lowest BCUT2D eigenvalue weighted by atomic mass is 10.1. The number of para-hydroxylation sites is 1. The number of aromatic nitrogens is 2. The average Bonchev–Trinajstić information content (AvgIpc) is 2.69. The maximum atomic E-state index is 12.6. The predicted octanol–water partition coefficient (Wildman–Crippen LogP) is 1.38. The zero-order valence-electron chi connectivity index (χ0n) is 15.2. The first-order valence-electron chi connectivity index (χ1n) is 8.53. The number of fused-ring (bicyclic) bond motifs is 1. The molecule has 0 unspecified atom stereocenters. The monoisotopic (exact) mass is 364 g/mol. The van der Waals surface area contributed by atoms with Gasteiger partial charge in [0.05, 0.1) is 10.9 Å². The van der Waals surface area contributed by atoms with Crippen molar-refractivity contribution in [3.05, 3.63) is 75.8 Å². The number of aryl methyl sites for hydroxylation is 1. The zero-order valence-corrected chi connectivity index (χ0v) is 15.2. The van der Waals surface area contributed by atoms with Crippen LogP contribution in [0.1, 0.15) is 21.7 Å². The van der Waals surface area contributed by atoms with Crippen molar-refractivity contribution < 1.29 is 9.59 Å². The highest BCUT2D eigenvalue weighted by Gasteiger charge is 2.11. The Morgan fingerprint density at radius 2 is 1.89 bits per heavy atom. The minimum absolute atomic E-state index is 0.113. The van der Waals surface area contributed by atoms with Crippen LogP contribution in [0.15, 0.2) is 53.3 Å². The maximum absolute atomic E-state index is 12.6. The minimum Gasteiger partial charge on any atom is -0.355 e. The molecule has 0 saturated carbocycles. The Morgan fingerprint density at radius 3 is 2.67 bits per heavy atom. The van der Waals surface area contributed by atoms with Crippen LogP contribution in [0.3, 0.4) is 0 Å². The van der Waals surface area contributed by atoms with E-state index in [0.29, 0.717) is 22.3 Å². The number of benzene rings is 2. The molecular weight excluding hydrogens is 344 g/mol. The van der Waals surface area contributed by atoms with E-state index in [-0.39, 0.29) is 30.5 Å². The van der Waals surface area contributed by atoms with Crippen LogP contribution >= 0.6 is 0 Å². The van der Waals surface area contributed by atoms with Crippen molar-refractivity contribution in [1.82, 2.24) is 20.2 Å². The van der Waals surface area contributed by atoms with Crippen molar-refractivity contribution in [2.24, 2.45) is 0 Å². The highest BCUT2D eigenvalue weighted by molar-refractivity contribution is 5.94.